The number of sulfone groups is 1. The largest absolute Gasteiger partial charge is 0.480 e. The average molecular weight is 259 g/mol. The van der Waals surface area contributed by atoms with Crippen LogP contribution in [0.1, 0.15) is 5.56 Å². The number of rotatable bonds is 4. The van der Waals surface area contributed by atoms with E-state index in [1.165, 1.54) is 6.07 Å². The Morgan fingerprint density at radius 2 is 2.06 bits per heavy atom. The van der Waals surface area contributed by atoms with E-state index in [2.05, 4.69) is 0 Å². The van der Waals surface area contributed by atoms with Crippen molar-refractivity contribution < 1.29 is 23.2 Å². The minimum absolute atomic E-state index is 0.500. The zero-order valence-electron chi connectivity index (χ0n) is 8.78. The number of nitrogens with zero attached hydrogens (tertiary/aromatic N) is 1. The van der Waals surface area contributed by atoms with Gasteiger partial charge in [-0.3, -0.25) is 14.9 Å². The highest BCUT2D eigenvalue weighted by atomic mass is 32.2. The average Bonchev–Trinajstić information content (AvgIpc) is 2.14. The molecule has 0 aliphatic carbocycles. The molecule has 7 nitrogen and oxygen atoms in total. The van der Waals surface area contributed by atoms with Gasteiger partial charge >= 0.3 is 5.97 Å². The van der Waals surface area contributed by atoms with E-state index >= 15 is 0 Å². The maximum absolute atomic E-state index is 11.6. The van der Waals surface area contributed by atoms with Crippen molar-refractivity contribution in [3.63, 3.8) is 0 Å². The fourth-order valence-electron chi connectivity index (χ4n) is 1.26. The molecule has 0 radical (unpaired) electrons. The van der Waals surface area contributed by atoms with Crippen molar-refractivity contribution in [2.24, 2.45) is 0 Å². The van der Waals surface area contributed by atoms with E-state index in [1.807, 2.05) is 0 Å². The minimum atomic E-state index is -4.20. The summed E-state index contributed by atoms with van der Waals surface area (Å²) >= 11 is 0. The van der Waals surface area contributed by atoms with Crippen molar-refractivity contribution in [2.75, 3.05) is 5.75 Å². The molecule has 0 saturated carbocycles. The fraction of sp³-hybridized carbons (Fsp3) is 0.222. The lowest BCUT2D eigenvalue weighted by atomic mass is 10.2. The number of carboxylic acid groups (broad SMARTS) is 1. The second-order valence-electron chi connectivity index (χ2n) is 3.38. The first kappa shape index (κ1) is 13.1. The third kappa shape index (κ3) is 3.00. The van der Waals surface area contributed by atoms with Gasteiger partial charge in [-0.15, -0.1) is 0 Å². The third-order valence-electron chi connectivity index (χ3n) is 1.96. The highest BCUT2D eigenvalue weighted by Gasteiger charge is 2.27. The summed E-state index contributed by atoms with van der Waals surface area (Å²) < 4.78 is 23.3. The van der Waals surface area contributed by atoms with Crippen molar-refractivity contribution in [2.45, 2.75) is 11.8 Å². The first-order chi connectivity index (χ1) is 7.74. The van der Waals surface area contributed by atoms with Gasteiger partial charge < -0.3 is 5.11 Å². The molecule has 0 atom stereocenters. The molecule has 92 valence electrons. The Hall–Kier alpha value is -1.96. The summed E-state index contributed by atoms with van der Waals surface area (Å²) in [6.07, 6.45) is 0. The van der Waals surface area contributed by atoms with Crippen molar-refractivity contribution >= 4 is 21.5 Å². The number of carboxylic acids is 1. The van der Waals surface area contributed by atoms with Crippen LogP contribution in [0, 0.1) is 17.0 Å². The van der Waals surface area contributed by atoms with Crippen molar-refractivity contribution in [3.05, 3.63) is 33.9 Å². The van der Waals surface area contributed by atoms with Gasteiger partial charge in [0.15, 0.2) is 15.6 Å². The number of aryl methyl sites for hydroxylation is 1. The minimum Gasteiger partial charge on any atom is -0.480 e. The molecule has 17 heavy (non-hydrogen) atoms. The topological polar surface area (TPSA) is 115 Å². The predicted molar refractivity (Wildman–Crippen MR) is 57.5 cm³/mol. The lowest BCUT2D eigenvalue weighted by Crippen LogP contribution is -2.16. The van der Waals surface area contributed by atoms with E-state index in [9.17, 15) is 23.3 Å². The molecule has 1 rings (SSSR count). The molecule has 0 heterocycles. The Bertz CT molecular complexity index is 577. The number of hydrogen-bond acceptors (Lipinski definition) is 5. The Kier molecular flexibility index (Phi) is 3.47. The Labute approximate surface area is 96.8 Å². The van der Waals surface area contributed by atoms with E-state index in [0.717, 1.165) is 12.1 Å². The molecule has 0 unspecified atom stereocenters. The highest BCUT2D eigenvalue weighted by Crippen LogP contribution is 2.25. The van der Waals surface area contributed by atoms with Crippen LogP contribution in [0.15, 0.2) is 23.1 Å². The summed E-state index contributed by atoms with van der Waals surface area (Å²) in [5.74, 6) is -2.72. The Morgan fingerprint density at radius 3 is 2.53 bits per heavy atom. The highest BCUT2D eigenvalue weighted by molar-refractivity contribution is 7.92. The Morgan fingerprint density at radius 1 is 1.47 bits per heavy atom. The van der Waals surface area contributed by atoms with Crippen LogP contribution in [0.4, 0.5) is 5.69 Å². The van der Waals surface area contributed by atoms with E-state index in [4.69, 9.17) is 5.11 Å². The van der Waals surface area contributed by atoms with Gasteiger partial charge in [-0.05, 0) is 18.6 Å². The number of aliphatic carboxylic acids is 1. The van der Waals surface area contributed by atoms with Crippen LogP contribution in [0.3, 0.4) is 0 Å². The number of benzene rings is 1. The van der Waals surface area contributed by atoms with Crippen LogP contribution in [-0.2, 0) is 14.6 Å². The molecule has 0 amide bonds. The first-order valence-electron chi connectivity index (χ1n) is 4.43. The van der Waals surface area contributed by atoms with Gasteiger partial charge in [0.2, 0.25) is 0 Å². The first-order valence-corrected chi connectivity index (χ1v) is 6.09. The van der Waals surface area contributed by atoms with E-state index in [1.54, 1.807) is 6.92 Å². The molecular weight excluding hydrogens is 250 g/mol. The Balaban J connectivity index is 3.43. The molecule has 1 N–H and O–H groups in total. The molecule has 1 aromatic carbocycles. The molecule has 0 spiro atoms. The second kappa shape index (κ2) is 4.50. The van der Waals surface area contributed by atoms with Gasteiger partial charge in [-0.2, -0.15) is 0 Å². The van der Waals surface area contributed by atoms with Crippen LogP contribution < -0.4 is 0 Å². The number of nitro benzene ring substituents is 1. The molecular formula is C9H9NO6S. The third-order valence-corrected chi connectivity index (χ3v) is 3.58. The quantitative estimate of drug-likeness (QED) is 0.630. The molecule has 0 saturated heterocycles. The smallest absolute Gasteiger partial charge is 0.319 e. The van der Waals surface area contributed by atoms with E-state index < -0.39 is 37.1 Å². The molecule has 1 aromatic rings. The summed E-state index contributed by atoms with van der Waals surface area (Å²) in [6.45, 7) is 1.56. The predicted octanol–water partition coefficient (Wildman–Crippen LogP) is 0.762. The zero-order valence-corrected chi connectivity index (χ0v) is 9.60. The molecule has 0 bridgehead atoms. The number of nitro groups is 1. The zero-order chi connectivity index (χ0) is 13.2. The van der Waals surface area contributed by atoms with Gasteiger partial charge in [0.25, 0.3) is 5.69 Å². The van der Waals surface area contributed by atoms with Gasteiger partial charge in [-0.1, -0.05) is 6.07 Å². The van der Waals surface area contributed by atoms with Crippen molar-refractivity contribution in [3.8, 4) is 0 Å². The molecule has 0 aromatic heterocycles. The fourth-order valence-corrected chi connectivity index (χ4v) is 2.57. The lowest BCUT2D eigenvalue weighted by Gasteiger charge is -2.04. The summed E-state index contributed by atoms with van der Waals surface area (Å²) in [5, 5.41) is 19.1. The van der Waals surface area contributed by atoms with Crippen LogP contribution in [0.5, 0.6) is 0 Å². The van der Waals surface area contributed by atoms with Crippen LogP contribution in [0.2, 0.25) is 0 Å². The van der Waals surface area contributed by atoms with Gasteiger partial charge in [0, 0.05) is 6.07 Å². The van der Waals surface area contributed by atoms with Crippen LogP contribution in [-0.4, -0.2) is 30.2 Å². The maximum atomic E-state index is 11.6. The number of hydrogen-bond donors (Lipinski definition) is 1. The summed E-state index contributed by atoms with van der Waals surface area (Å²) in [5.41, 5.74) is -0.114. The molecule has 0 fully saturated rings. The van der Waals surface area contributed by atoms with Crippen LogP contribution in [0.25, 0.3) is 0 Å². The van der Waals surface area contributed by atoms with Gasteiger partial charge in [-0.25, -0.2) is 8.42 Å². The van der Waals surface area contributed by atoms with Crippen molar-refractivity contribution in [1.82, 2.24) is 0 Å². The monoisotopic (exact) mass is 259 g/mol. The molecule has 8 heteroatoms. The maximum Gasteiger partial charge on any atom is 0.319 e. The van der Waals surface area contributed by atoms with E-state index in [0.29, 0.717) is 5.56 Å². The molecule has 0 aliphatic rings. The SMILES string of the molecule is Cc1ccc([N+](=O)[O-])c(S(=O)(=O)CC(=O)O)c1. The summed E-state index contributed by atoms with van der Waals surface area (Å²) in [7, 11) is -4.20. The second-order valence-corrected chi connectivity index (χ2v) is 5.34. The van der Waals surface area contributed by atoms with Crippen LogP contribution >= 0.6 is 0 Å². The molecule has 0 aliphatic heterocycles. The summed E-state index contributed by atoms with van der Waals surface area (Å²) in [4.78, 5) is 19.6. The van der Waals surface area contributed by atoms with Crippen molar-refractivity contribution in [1.29, 1.82) is 0 Å². The van der Waals surface area contributed by atoms with Gasteiger partial charge in [0.05, 0.1) is 4.92 Å². The normalized spacial score (nSPS) is 11.1. The standard InChI is InChI=1S/C9H9NO6S/c1-6-2-3-7(10(13)14)8(4-6)17(15,16)5-9(11)12/h2-4H,5H2,1H3,(H,11,12). The lowest BCUT2D eigenvalue weighted by molar-refractivity contribution is -0.387. The van der Waals surface area contributed by atoms with E-state index in [-0.39, 0.29) is 0 Å². The van der Waals surface area contributed by atoms with Gasteiger partial charge in [0.1, 0.15) is 4.90 Å². The summed E-state index contributed by atoms with van der Waals surface area (Å²) in [6, 6.07) is 3.53. The number of carbonyl (C=O) groups is 1.